The van der Waals surface area contributed by atoms with E-state index in [1.165, 1.54) is 6.07 Å². The Balaban J connectivity index is 2.17. The van der Waals surface area contributed by atoms with Crippen LogP contribution in [0.25, 0.3) is 0 Å². The molecule has 8 heteroatoms. The first kappa shape index (κ1) is 12.9. The summed E-state index contributed by atoms with van der Waals surface area (Å²) >= 11 is 12.5. The number of rotatable bonds is 4. The summed E-state index contributed by atoms with van der Waals surface area (Å²) in [6, 6.07) is 3.12. The van der Waals surface area contributed by atoms with Gasteiger partial charge in [0, 0.05) is 18.9 Å². The highest BCUT2D eigenvalue weighted by Gasteiger charge is 2.20. The van der Waals surface area contributed by atoms with Gasteiger partial charge in [0.25, 0.3) is 0 Å². The zero-order chi connectivity index (χ0) is 12.5. The smallest absolute Gasteiger partial charge is 0.243 e. The number of H-pyrrole nitrogens is 1. The highest BCUT2D eigenvalue weighted by Crippen LogP contribution is 2.34. The Labute approximate surface area is 113 Å². The summed E-state index contributed by atoms with van der Waals surface area (Å²) in [4.78, 5) is 2.86. The zero-order valence-corrected chi connectivity index (χ0v) is 11.6. The number of nitrogens with one attached hydrogen (secondary N) is 2. The van der Waals surface area contributed by atoms with Crippen LogP contribution in [-0.2, 0) is 16.6 Å². The van der Waals surface area contributed by atoms with Gasteiger partial charge >= 0.3 is 0 Å². The Bertz CT molecular complexity index is 605. The van der Waals surface area contributed by atoms with Gasteiger partial charge in [-0.2, -0.15) is 0 Å². The van der Waals surface area contributed by atoms with Crippen LogP contribution in [-0.4, -0.2) is 13.4 Å². The minimum atomic E-state index is -3.62. The van der Waals surface area contributed by atoms with Gasteiger partial charge in [0.1, 0.15) is 9.23 Å². The fourth-order valence-electron chi connectivity index (χ4n) is 1.23. The Morgan fingerprint density at radius 2 is 2.18 bits per heavy atom. The minimum absolute atomic E-state index is 0.0182. The van der Waals surface area contributed by atoms with E-state index in [1.807, 2.05) is 0 Å². The molecular weight excluding hydrogens is 303 g/mol. The van der Waals surface area contributed by atoms with Gasteiger partial charge in [-0.15, -0.1) is 11.3 Å². The van der Waals surface area contributed by atoms with Gasteiger partial charge < -0.3 is 4.98 Å². The highest BCUT2D eigenvalue weighted by atomic mass is 35.5. The van der Waals surface area contributed by atoms with E-state index in [0.29, 0.717) is 4.34 Å². The van der Waals surface area contributed by atoms with Crippen molar-refractivity contribution in [3.8, 4) is 0 Å². The predicted molar refractivity (Wildman–Crippen MR) is 69.2 cm³/mol. The molecule has 92 valence electrons. The molecule has 0 atom stereocenters. The van der Waals surface area contributed by atoms with E-state index < -0.39 is 10.0 Å². The molecule has 0 aliphatic rings. The second-order valence-electron chi connectivity index (χ2n) is 3.23. The van der Waals surface area contributed by atoms with Crippen LogP contribution in [0.5, 0.6) is 0 Å². The maximum atomic E-state index is 11.9. The Morgan fingerprint density at radius 3 is 2.71 bits per heavy atom. The molecule has 0 amide bonds. The highest BCUT2D eigenvalue weighted by molar-refractivity contribution is 7.89. The lowest BCUT2D eigenvalue weighted by Crippen LogP contribution is -2.22. The lowest BCUT2D eigenvalue weighted by molar-refractivity contribution is 0.582. The van der Waals surface area contributed by atoms with Crippen molar-refractivity contribution in [3.63, 3.8) is 0 Å². The van der Waals surface area contributed by atoms with Crippen LogP contribution >= 0.6 is 34.5 Å². The maximum absolute atomic E-state index is 11.9. The van der Waals surface area contributed by atoms with Crippen molar-refractivity contribution in [1.82, 2.24) is 9.71 Å². The average Bonchev–Trinajstić information content (AvgIpc) is 2.85. The lowest BCUT2D eigenvalue weighted by Gasteiger charge is -2.03. The summed E-state index contributed by atoms with van der Waals surface area (Å²) in [7, 11) is -3.62. The van der Waals surface area contributed by atoms with Gasteiger partial charge in [-0.1, -0.05) is 23.2 Å². The van der Waals surface area contributed by atoms with Gasteiger partial charge in [-0.3, -0.25) is 0 Å². The number of hydrogen-bond acceptors (Lipinski definition) is 3. The van der Waals surface area contributed by atoms with E-state index in [0.717, 1.165) is 16.9 Å². The SMILES string of the molecule is O=S(=O)(NCc1cc[nH]c1)c1cc(Cl)sc1Cl. The summed E-state index contributed by atoms with van der Waals surface area (Å²) in [6.07, 6.45) is 3.43. The summed E-state index contributed by atoms with van der Waals surface area (Å²) in [5.74, 6) is 0. The number of thiophene rings is 1. The van der Waals surface area contributed by atoms with E-state index in [9.17, 15) is 8.42 Å². The molecule has 0 bridgehead atoms. The molecule has 0 aliphatic heterocycles. The van der Waals surface area contributed by atoms with Crippen LogP contribution < -0.4 is 4.72 Å². The van der Waals surface area contributed by atoms with Gasteiger partial charge in [0.05, 0.1) is 4.34 Å². The van der Waals surface area contributed by atoms with Crippen LogP contribution in [0, 0.1) is 0 Å². The number of sulfonamides is 1. The fourth-order valence-corrected chi connectivity index (χ4v) is 4.40. The molecule has 17 heavy (non-hydrogen) atoms. The Morgan fingerprint density at radius 1 is 1.41 bits per heavy atom. The van der Waals surface area contributed by atoms with E-state index in [2.05, 4.69) is 9.71 Å². The zero-order valence-electron chi connectivity index (χ0n) is 8.41. The molecule has 0 saturated heterocycles. The molecule has 0 spiro atoms. The molecule has 0 unspecified atom stereocenters. The van der Waals surface area contributed by atoms with Crippen LogP contribution in [0.15, 0.2) is 29.4 Å². The molecule has 0 radical (unpaired) electrons. The molecular formula is C9H8Cl2N2O2S2. The molecule has 2 N–H and O–H groups in total. The number of aromatic amines is 1. The molecule has 0 saturated carbocycles. The fraction of sp³-hybridized carbons (Fsp3) is 0.111. The largest absolute Gasteiger partial charge is 0.367 e. The maximum Gasteiger partial charge on any atom is 0.243 e. The van der Waals surface area contributed by atoms with Crippen molar-refractivity contribution in [2.75, 3.05) is 0 Å². The Hall–Kier alpha value is -0.530. The first-order valence-corrected chi connectivity index (χ1v) is 7.61. The topological polar surface area (TPSA) is 62.0 Å². The monoisotopic (exact) mass is 310 g/mol. The van der Waals surface area contributed by atoms with E-state index in [-0.39, 0.29) is 15.8 Å². The van der Waals surface area contributed by atoms with Crippen molar-refractivity contribution in [2.45, 2.75) is 11.4 Å². The minimum Gasteiger partial charge on any atom is -0.367 e. The van der Waals surface area contributed by atoms with Crippen molar-refractivity contribution in [3.05, 3.63) is 38.8 Å². The third kappa shape index (κ3) is 3.02. The third-order valence-electron chi connectivity index (χ3n) is 2.04. The van der Waals surface area contributed by atoms with E-state index in [4.69, 9.17) is 23.2 Å². The number of aromatic nitrogens is 1. The van der Waals surface area contributed by atoms with Crippen LogP contribution in [0.2, 0.25) is 8.67 Å². The second kappa shape index (κ2) is 4.99. The van der Waals surface area contributed by atoms with Crippen LogP contribution in [0.4, 0.5) is 0 Å². The molecule has 0 fully saturated rings. The molecule has 4 nitrogen and oxygen atoms in total. The molecule has 0 aliphatic carbocycles. The summed E-state index contributed by atoms with van der Waals surface area (Å²) in [6.45, 7) is 0.204. The lowest BCUT2D eigenvalue weighted by atomic mass is 10.4. The Kier molecular flexibility index (Phi) is 3.79. The van der Waals surface area contributed by atoms with Gasteiger partial charge in [-0.05, 0) is 17.7 Å². The first-order valence-electron chi connectivity index (χ1n) is 4.55. The number of halogens is 2. The van der Waals surface area contributed by atoms with Gasteiger partial charge in [-0.25, -0.2) is 13.1 Å². The standard InChI is InChI=1S/C9H8Cl2N2O2S2/c10-8-3-7(9(11)16-8)17(14,15)13-5-6-1-2-12-4-6/h1-4,12-13H,5H2. The van der Waals surface area contributed by atoms with E-state index >= 15 is 0 Å². The first-order chi connectivity index (χ1) is 7.99. The molecule has 2 aromatic heterocycles. The van der Waals surface area contributed by atoms with E-state index in [1.54, 1.807) is 18.5 Å². The quantitative estimate of drug-likeness (QED) is 0.912. The predicted octanol–water partition coefficient (Wildman–Crippen LogP) is 2.86. The molecule has 0 aromatic carbocycles. The summed E-state index contributed by atoms with van der Waals surface area (Å²) < 4.78 is 26.8. The van der Waals surface area contributed by atoms with Crippen LogP contribution in [0.3, 0.4) is 0 Å². The van der Waals surface area contributed by atoms with Crippen LogP contribution in [0.1, 0.15) is 5.56 Å². The van der Waals surface area contributed by atoms with Crippen molar-refractivity contribution in [1.29, 1.82) is 0 Å². The molecule has 2 heterocycles. The normalized spacial score (nSPS) is 11.9. The summed E-state index contributed by atoms with van der Waals surface area (Å²) in [5.41, 5.74) is 0.839. The molecule has 2 rings (SSSR count). The second-order valence-corrected chi connectivity index (χ2v) is 7.25. The number of hydrogen-bond donors (Lipinski definition) is 2. The van der Waals surface area contributed by atoms with Gasteiger partial charge in [0.2, 0.25) is 10.0 Å². The summed E-state index contributed by atoms with van der Waals surface area (Å²) in [5, 5.41) is 0. The molecule has 2 aromatic rings. The average molecular weight is 311 g/mol. The van der Waals surface area contributed by atoms with Gasteiger partial charge in [0.15, 0.2) is 0 Å². The third-order valence-corrected chi connectivity index (χ3v) is 5.20. The van der Waals surface area contributed by atoms with Crippen molar-refractivity contribution in [2.24, 2.45) is 0 Å². The van der Waals surface area contributed by atoms with Crippen molar-refractivity contribution >= 4 is 44.6 Å². The van der Waals surface area contributed by atoms with Crippen molar-refractivity contribution < 1.29 is 8.42 Å².